The minimum Gasteiger partial charge on any atom is -0.443 e. The zero-order valence-corrected chi connectivity index (χ0v) is 12.3. The lowest BCUT2D eigenvalue weighted by Gasteiger charge is -2.20. The fraction of sp³-hybridized carbons (Fsp3) is 0.429. The number of alkyl halides is 1. The molecule has 0 saturated heterocycles. The molecule has 0 saturated carbocycles. The van der Waals surface area contributed by atoms with Gasteiger partial charge in [-0.15, -0.1) is 11.6 Å². The molecule has 0 unspecified atom stereocenters. The Hall–Kier alpha value is -1.55. The van der Waals surface area contributed by atoms with Gasteiger partial charge in [-0.3, -0.25) is 0 Å². The van der Waals surface area contributed by atoms with Crippen molar-refractivity contribution in [2.75, 3.05) is 0 Å². The summed E-state index contributed by atoms with van der Waals surface area (Å²) in [5.74, 6) is 0.656. The van der Waals surface area contributed by atoms with E-state index in [1.165, 1.54) is 4.57 Å². The Balaban J connectivity index is 2.54. The number of hydrogen-bond donors (Lipinski definition) is 0. The summed E-state index contributed by atoms with van der Waals surface area (Å²) in [5, 5.41) is 0. The number of ether oxygens (including phenoxy) is 1. The Bertz CT molecular complexity index is 626. The number of fused-ring (bicyclic) bond motifs is 1. The normalized spacial score (nSPS) is 11.8. The van der Waals surface area contributed by atoms with Crippen molar-refractivity contribution in [3.05, 3.63) is 29.6 Å². The summed E-state index contributed by atoms with van der Waals surface area (Å²) < 4.78 is 6.83. The highest BCUT2D eigenvalue weighted by Crippen LogP contribution is 2.21. The number of rotatable bonds is 1. The van der Waals surface area contributed by atoms with E-state index in [4.69, 9.17) is 16.3 Å². The number of aryl methyl sites for hydroxylation is 1. The maximum Gasteiger partial charge on any atom is 0.420 e. The van der Waals surface area contributed by atoms with Crippen LogP contribution in [0.25, 0.3) is 11.0 Å². The molecule has 0 fully saturated rings. The maximum atomic E-state index is 12.2. The zero-order valence-electron chi connectivity index (χ0n) is 11.5. The van der Waals surface area contributed by atoms with Gasteiger partial charge in [-0.05, 0) is 45.4 Å². The molecule has 2 aromatic rings. The van der Waals surface area contributed by atoms with Gasteiger partial charge in [0.05, 0.1) is 16.9 Å². The van der Waals surface area contributed by atoms with Crippen molar-refractivity contribution in [1.29, 1.82) is 0 Å². The van der Waals surface area contributed by atoms with Gasteiger partial charge in [0.1, 0.15) is 11.4 Å². The lowest BCUT2D eigenvalue weighted by molar-refractivity contribution is 0.0540. The molecule has 0 amide bonds. The largest absolute Gasteiger partial charge is 0.443 e. The Labute approximate surface area is 117 Å². The van der Waals surface area contributed by atoms with Crippen LogP contribution in [-0.4, -0.2) is 21.2 Å². The average molecular weight is 281 g/mol. The minimum absolute atomic E-state index is 0.160. The highest BCUT2D eigenvalue weighted by Gasteiger charge is 2.22. The van der Waals surface area contributed by atoms with Gasteiger partial charge in [0, 0.05) is 0 Å². The molecular formula is C14H17ClN2O2. The second-order valence-electron chi connectivity index (χ2n) is 5.47. The van der Waals surface area contributed by atoms with Gasteiger partial charge in [-0.2, -0.15) is 0 Å². The SMILES string of the molecule is Cc1ccc2c(c1)nc(CCl)n2C(=O)OC(C)(C)C. The van der Waals surface area contributed by atoms with Crippen molar-refractivity contribution in [2.24, 2.45) is 0 Å². The van der Waals surface area contributed by atoms with Gasteiger partial charge in [0.25, 0.3) is 0 Å². The molecule has 5 heteroatoms. The summed E-state index contributed by atoms with van der Waals surface area (Å²) in [6.07, 6.45) is -0.450. The quantitative estimate of drug-likeness (QED) is 0.745. The maximum absolute atomic E-state index is 12.2. The van der Waals surface area contributed by atoms with Crippen molar-refractivity contribution in [3.63, 3.8) is 0 Å². The molecule has 0 aliphatic heterocycles. The lowest BCUT2D eigenvalue weighted by atomic mass is 10.2. The highest BCUT2D eigenvalue weighted by atomic mass is 35.5. The smallest absolute Gasteiger partial charge is 0.420 e. The molecule has 0 spiro atoms. The first kappa shape index (κ1) is 13.9. The zero-order chi connectivity index (χ0) is 14.2. The molecule has 0 N–H and O–H groups in total. The fourth-order valence-electron chi connectivity index (χ4n) is 1.84. The topological polar surface area (TPSA) is 44.1 Å². The minimum atomic E-state index is -0.554. The van der Waals surface area contributed by atoms with Crippen LogP contribution < -0.4 is 0 Å². The van der Waals surface area contributed by atoms with E-state index in [9.17, 15) is 4.79 Å². The van der Waals surface area contributed by atoms with Crippen molar-refractivity contribution in [3.8, 4) is 0 Å². The van der Waals surface area contributed by atoms with E-state index in [1.54, 1.807) is 0 Å². The summed E-state index contributed by atoms with van der Waals surface area (Å²) in [6.45, 7) is 7.46. The van der Waals surface area contributed by atoms with Gasteiger partial charge in [0.15, 0.2) is 0 Å². The summed E-state index contributed by atoms with van der Waals surface area (Å²) in [7, 11) is 0. The Morgan fingerprint density at radius 3 is 2.68 bits per heavy atom. The van der Waals surface area contributed by atoms with Crippen molar-refractivity contribution >= 4 is 28.7 Å². The molecule has 0 aliphatic carbocycles. The van der Waals surface area contributed by atoms with Crippen LogP contribution in [-0.2, 0) is 10.6 Å². The molecule has 1 heterocycles. The van der Waals surface area contributed by atoms with Gasteiger partial charge in [-0.1, -0.05) is 6.07 Å². The van der Waals surface area contributed by atoms with Crippen molar-refractivity contribution in [1.82, 2.24) is 9.55 Å². The molecular weight excluding hydrogens is 264 g/mol. The third-order valence-corrected chi connectivity index (χ3v) is 2.81. The number of benzene rings is 1. The molecule has 2 rings (SSSR count). The van der Waals surface area contributed by atoms with Crippen LogP contribution >= 0.6 is 11.6 Å². The predicted octanol–water partition coefficient (Wildman–Crippen LogP) is 3.87. The number of halogens is 1. The van der Waals surface area contributed by atoms with Crippen molar-refractivity contribution in [2.45, 2.75) is 39.2 Å². The first-order valence-corrected chi connectivity index (χ1v) is 6.62. The molecule has 0 bridgehead atoms. The molecule has 102 valence electrons. The first-order valence-electron chi connectivity index (χ1n) is 6.09. The van der Waals surface area contributed by atoms with Crippen LogP contribution in [0.5, 0.6) is 0 Å². The van der Waals surface area contributed by atoms with Crippen LogP contribution in [0.3, 0.4) is 0 Å². The Morgan fingerprint density at radius 1 is 1.42 bits per heavy atom. The van der Waals surface area contributed by atoms with Gasteiger partial charge >= 0.3 is 6.09 Å². The van der Waals surface area contributed by atoms with Gasteiger partial charge < -0.3 is 4.74 Å². The molecule has 4 nitrogen and oxygen atoms in total. The Morgan fingerprint density at radius 2 is 2.11 bits per heavy atom. The number of carbonyl (C=O) groups excluding carboxylic acids is 1. The molecule has 0 radical (unpaired) electrons. The van der Waals surface area contributed by atoms with E-state index >= 15 is 0 Å². The molecule has 0 atom stereocenters. The molecule has 19 heavy (non-hydrogen) atoms. The monoisotopic (exact) mass is 280 g/mol. The predicted molar refractivity (Wildman–Crippen MR) is 75.7 cm³/mol. The second kappa shape index (κ2) is 4.85. The van der Waals surface area contributed by atoms with Gasteiger partial charge in [-0.25, -0.2) is 14.3 Å². The second-order valence-corrected chi connectivity index (χ2v) is 5.74. The number of aromatic nitrogens is 2. The third-order valence-electron chi connectivity index (χ3n) is 2.58. The number of carbonyl (C=O) groups is 1. The number of nitrogens with zero attached hydrogens (tertiary/aromatic N) is 2. The highest BCUT2D eigenvalue weighted by molar-refractivity contribution is 6.17. The van der Waals surface area contributed by atoms with Crippen molar-refractivity contribution < 1.29 is 9.53 Å². The first-order chi connectivity index (χ1) is 8.81. The number of hydrogen-bond acceptors (Lipinski definition) is 3. The summed E-state index contributed by atoms with van der Waals surface area (Å²) in [6, 6.07) is 5.72. The fourth-order valence-corrected chi connectivity index (χ4v) is 2.02. The van der Waals surface area contributed by atoms with Crippen LogP contribution in [0.1, 0.15) is 32.2 Å². The van der Waals surface area contributed by atoms with E-state index in [0.29, 0.717) is 5.82 Å². The van der Waals surface area contributed by atoms with E-state index in [2.05, 4.69) is 4.98 Å². The standard InChI is InChI=1S/C14H17ClN2O2/c1-9-5-6-11-10(7-9)16-12(8-15)17(11)13(18)19-14(2,3)4/h5-7H,8H2,1-4H3. The Kier molecular flexibility index (Phi) is 3.54. The molecule has 0 aliphatic rings. The van der Waals surface area contributed by atoms with Gasteiger partial charge in [0.2, 0.25) is 0 Å². The van der Waals surface area contributed by atoms with Crippen LogP contribution in [0, 0.1) is 6.92 Å². The average Bonchev–Trinajstić information content (AvgIpc) is 2.63. The van der Waals surface area contributed by atoms with Crippen LogP contribution in [0.4, 0.5) is 4.79 Å². The summed E-state index contributed by atoms with van der Waals surface area (Å²) in [4.78, 5) is 16.6. The van der Waals surface area contributed by atoms with E-state index in [-0.39, 0.29) is 5.88 Å². The summed E-state index contributed by atoms with van der Waals surface area (Å²) in [5.41, 5.74) is 2.00. The van der Waals surface area contributed by atoms with E-state index in [0.717, 1.165) is 16.6 Å². The number of imidazole rings is 1. The summed E-state index contributed by atoms with van der Waals surface area (Å²) >= 11 is 5.87. The van der Waals surface area contributed by atoms with E-state index < -0.39 is 11.7 Å². The molecule has 1 aromatic heterocycles. The molecule has 1 aromatic carbocycles. The van der Waals surface area contributed by atoms with E-state index in [1.807, 2.05) is 45.9 Å². The third kappa shape index (κ3) is 2.89. The van der Waals surface area contributed by atoms with Crippen LogP contribution in [0.15, 0.2) is 18.2 Å². The lowest BCUT2D eigenvalue weighted by Crippen LogP contribution is -2.28. The van der Waals surface area contributed by atoms with Crippen LogP contribution in [0.2, 0.25) is 0 Å².